The highest BCUT2D eigenvalue weighted by Gasteiger charge is 2.43. The van der Waals surface area contributed by atoms with Gasteiger partial charge in [0.05, 0.1) is 12.5 Å². The fraction of sp³-hybridized carbons (Fsp3) is 0.692. The van der Waals surface area contributed by atoms with Crippen LogP contribution in [0.1, 0.15) is 54.9 Å². The molecule has 0 amide bonds. The number of hydrogen-bond donors (Lipinski definition) is 1. The number of oxazole rings is 1. The summed E-state index contributed by atoms with van der Waals surface area (Å²) in [4.78, 5) is 14.8. The van der Waals surface area contributed by atoms with Crippen molar-refractivity contribution in [2.75, 3.05) is 6.61 Å². The van der Waals surface area contributed by atoms with Crippen molar-refractivity contribution in [3.63, 3.8) is 0 Å². The van der Waals surface area contributed by atoms with Gasteiger partial charge in [-0.3, -0.25) is 0 Å². The quantitative estimate of drug-likeness (QED) is 0.920. The van der Waals surface area contributed by atoms with E-state index in [1.807, 2.05) is 0 Å². The predicted octanol–water partition coefficient (Wildman–Crippen LogP) is 3.61. The van der Waals surface area contributed by atoms with E-state index in [9.17, 15) is 18.0 Å². The zero-order chi connectivity index (χ0) is 15.6. The van der Waals surface area contributed by atoms with E-state index >= 15 is 0 Å². The molecule has 118 valence electrons. The molecule has 2 rings (SSSR count). The summed E-state index contributed by atoms with van der Waals surface area (Å²) in [5.74, 6) is -3.47. The lowest BCUT2D eigenvalue weighted by Crippen LogP contribution is -2.28. The summed E-state index contributed by atoms with van der Waals surface area (Å²) in [5.41, 5.74) is -0.388. The van der Waals surface area contributed by atoms with Crippen molar-refractivity contribution in [2.24, 2.45) is 5.92 Å². The monoisotopic (exact) mass is 307 g/mol. The first-order valence-corrected chi connectivity index (χ1v) is 6.76. The SMILES string of the molecule is CCOc1oc(C2CCCC(C(F)(F)F)C2)nc1C(=O)O. The van der Waals surface area contributed by atoms with Crippen LogP contribution < -0.4 is 4.74 Å². The largest absolute Gasteiger partial charge is 0.476 e. The van der Waals surface area contributed by atoms with Crippen LogP contribution in [-0.4, -0.2) is 28.8 Å². The molecule has 2 unspecified atom stereocenters. The van der Waals surface area contributed by atoms with Gasteiger partial charge < -0.3 is 14.3 Å². The van der Waals surface area contributed by atoms with Crippen LogP contribution in [0.2, 0.25) is 0 Å². The second-order valence-corrected chi connectivity index (χ2v) is 5.03. The van der Waals surface area contributed by atoms with E-state index in [2.05, 4.69) is 4.98 Å². The van der Waals surface area contributed by atoms with Gasteiger partial charge in [0, 0.05) is 5.92 Å². The van der Waals surface area contributed by atoms with Gasteiger partial charge in [0.1, 0.15) is 0 Å². The normalized spacial score (nSPS) is 23.0. The minimum Gasteiger partial charge on any atom is -0.476 e. The van der Waals surface area contributed by atoms with E-state index in [0.29, 0.717) is 12.8 Å². The summed E-state index contributed by atoms with van der Waals surface area (Å²) in [6.07, 6.45) is -3.38. The molecule has 1 aliphatic rings. The summed E-state index contributed by atoms with van der Waals surface area (Å²) < 4.78 is 48.6. The van der Waals surface area contributed by atoms with Gasteiger partial charge in [0.15, 0.2) is 0 Å². The molecule has 0 bridgehead atoms. The fourth-order valence-electron chi connectivity index (χ4n) is 2.57. The molecule has 1 aliphatic carbocycles. The molecule has 0 aromatic carbocycles. The number of rotatable bonds is 4. The Morgan fingerprint density at radius 3 is 2.76 bits per heavy atom. The predicted molar refractivity (Wildman–Crippen MR) is 65.4 cm³/mol. The second kappa shape index (κ2) is 5.95. The van der Waals surface area contributed by atoms with Crippen LogP contribution in [0.25, 0.3) is 0 Å². The zero-order valence-electron chi connectivity index (χ0n) is 11.4. The fourth-order valence-corrected chi connectivity index (χ4v) is 2.57. The number of ether oxygens (including phenoxy) is 1. The molecule has 5 nitrogen and oxygen atoms in total. The zero-order valence-corrected chi connectivity index (χ0v) is 11.4. The van der Waals surface area contributed by atoms with Gasteiger partial charge in [-0.1, -0.05) is 6.42 Å². The molecule has 1 heterocycles. The van der Waals surface area contributed by atoms with Crippen LogP contribution in [0.3, 0.4) is 0 Å². The van der Waals surface area contributed by atoms with Gasteiger partial charge in [0.2, 0.25) is 11.6 Å². The van der Waals surface area contributed by atoms with Crippen molar-refractivity contribution in [2.45, 2.75) is 44.7 Å². The number of aromatic carboxylic acids is 1. The second-order valence-electron chi connectivity index (χ2n) is 5.03. The molecule has 1 N–H and O–H groups in total. The molecule has 21 heavy (non-hydrogen) atoms. The van der Waals surface area contributed by atoms with Gasteiger partial charge >= 0.3 is 18.1 Å². The Morgan fingerprint density at radius 1 is 1.48 bits per heavy atom. The average Bonchev–Trinajstić information content (AvgIpc) is 2.83. The van der Waals surface area contributed by atoms with Crippen LogP contribution >= 0.6 is 0 Å². The molecule has 0 saturated heterocycles. The van der Waals surface area contributed by atoms with Gasteiger partial charge in [0.25, 0.3) is 0 Å². The lowest BCUT2D eigenvalue weighted by molar-refractivity contribution is -0.183. The molecule has 2 atom stereocenters. The molecule has 1 aromatic heterocycles. The average molecular weight is 307 g/mol. The van der Waals surface area contributed by atoms with E-state index in [4.69, 9.17) is 14.3 Å². The Balaban J connectivity index is 2.21. The first kappa shape index (κ1) is 15.7. The topological polar surface area (TPSA) is 72.6 Å². The third-order valence-electron chi connectivity index (χ3n) is 3.58. The summed E-state index contributed by atoms with van der Waals surface area (Å²) in [6.45, 7) is 1.83. The van der Waals surface area contributed by atoms with E-state index in [1.165, 1.54) is 0 Å². The third-order valence-corrected chi connectivity index (χ3v) is 3.58. The summed E-state index contributed by atoms with van der Waals surface area (Å²) in [5, 5.41) is 9.00. The highest BCUT2D eigenvalue weighted by atomic mass is 19.4. The highest BCUT2D eigenvalue weighted by molar-refractivity contribution is 5.87. The number of aromatic nitrogens is 1. The Morgan fingerprint density at radius 2 is 2.19 bits per heavy atom. The number of hydrogen-bond acceptors (Lipinski definition) is 4. The number of carboxylic acids is 1. The summed E-state index contributed by atoms with van der Waals surface area (Å²) in [6, 6.07) is 0. The van der Waals surface area contributed by atoms with Gasteiger partial charge in [-0.15, -0.1) is 0 Å². The van der Waals surface area contributed by atoms with Crippen LogP contribution in [0.15, 0.2) is 4.42 Å². The lowest BCUT2D eigenvalue weighted by atomic mass is 9.81. The Labute approximate surface area is 119 Å². The maximum absolute atomic E-state index is 12.8. The number of halogens is 3. The van der Waals surface area contributed by atoms with Gasteiger partial charge in [-0.05, 0) is 26.2 Å². The lowest BCUT2D eigenvalue weighted by Gasteiger charge is -2.28. The van der Waals surface area contributed by atoms with Crippen molar-refractivity contribution >= 4 is 5.97 Å². The molecule has 8 heteroatoms. The Kier molecular flexibility index (Phi) is 4.43. The van der Waals surface area contributed by atoms with E-state index < -0.39 is 24.0 Å². The Hall–Kier alpha value is -1.73. The van der Waals surface area contributed by atoms with E-state index in [0.717, 1.165) is 0 Å². The van der Waals surface area contributed by atoms with Crippen LogP contribution in [0.5, 0.6) is 5.95 Å². The minimum atomic E-state index is -4.25. The van der Waals surface area contributed by atoms with Crippen molar-refractivity contribution in [3.8, 4) is 5.95 Å². The number of carbonyl (C=O) groups is 1. The molecule has 0 radical (unpaired) electrons. The molecular weight excluding hydrogens is 291 g/mol. The maximum Gasteiger partial charge on any atom is 0.391 e. The van der Waals surface area contributed by atoms with Crippen molar-refractivity contribution < 1.29 is 32.2 Å². The third kappa shape index (κ3) is 3.48. The van der Waals surface area contributed by atoms with Crippen LogP contribution in [0, 0.1) is 5.92 Å². The number of carboxylic acid groups (broad SMARTS) is 1. The van der Waals surface area contributed by atoms with Gasteiger partial charge in [-0.25, -0.2) is 9.78 Å². The first-order valence-electron chi connectivity index (χ1n) is 6.76. The minimum absolute atomic E-state index is 0.0183. The molecule has 0 spiro atoms. The number of nitrogens with zero attached hydrogens (tertiary/aromatic N) is 1. The summed E-state index contributed by atoms with van der Waals surface area (Å²) in [7, 11) is 0. The summed E-state index contributed by atoms with van der Waals surface area (Å²) >= 11 is 0. The molecule has 0 aliphatic heterocycles. The van der Waals surface area contributed by atoms with E-state index in [1.54, 1.807) is 6.92 Å². The van der Waals surface area contributed by atoms with Crippen molar-refractivity contribution in [3.05, 3.63) is 11.6 Å². The maximum atomic E-state index is 12.8. The standard InChI is InChI=1S/C13H16F3NO4/c1-2-20-12-9(11(18)19)17-10(21-12)7-4-3-5-8(6-7)13(14,15)16/h7-8H,2-6H2,1H3,(H,18,19). The smallest absolute Gasteiger partial charge is 0.391 e. The Bertz CT molecular complexity index is 512. The molecule has 1 fully saturated rings. The molecule has 1 aromatic rings. The van der Waals surface area contributed by atoms with E-state index in [-0.39, 0.29) is 37.0 Å². The van der Waals surface area contributed by atoms with Gasteiger partial charge in [-0.2, -0.15) is 13.2 Å². The molecular formula is C13H16F3NO4. The first-order chi connectivity index (χ1) is 9.82. The highest BCUT2D eigenvalue weighted by Crippen LogP contribution is 2.44. The van der Waals surface area contributed by atoms with Crippen molar-refractivity contribution in [1.29, 1.82) is 0 Å². The molecule has 1 saturated carbocycles. The van der Waals surface area contributed by atoms with Crippen LogP contribution in [-0.2, 0) is 0 Å². The van der Waals surface area contributed by atoms with Crippen LogP contribution in [0.4, 0.5) is 13.2 Å². The number of alkyl halides is 3. The van der Waals surface area contributed by atoms with Crippen molar-refractivity contribution in [1.82, 2.24) is 4.98 Å².